The fraction of sp³-hybridized carbons (Fsp3) is 0.312. The summed E-state index contributed by atoms with van der Waals surface area (Å²) in [6.45, 7) is 0.885. The first-order valence-corrected chi connectivity index (χ1v) is 6.70. The molecule has 0 bridgehead atoms. The van der Waals surface area contributed by atoms with Crippen molar-refractivity contribution in [2.75, 3.05) is 18.9 Å². The summed E-state index contributed by atoms with van der Waals surface area (Å²) >= 11 is 0. The molecule has 0 unspecified atom stereocenters. The van der Waals surface area contributed by atoms with Gasteiger partial charge in [0.15, 0.2) is 6.19 Å². The Bertz CT molecular complexity index is 642. The quantitative estimate of drug-likeness (QED) is 0.830. The Hall–Kier alpha value is -2.21. The molecule has 19 heavy (non-hydrogen) atoms. The highest BCUT2D eigenvalue weighted by molar-refractivity contribution is 5.94. The van der Waals surface area contributed by atoms with Gasteiger partial charge in [0.05, 0.1) is 6.04 Å². The summed E-state index contributed by atoms with van der Waals surface area (Å²) in [5.41, 5.74) is 2.40. The van der Waals surface area contributed by atoms with Gasteiger partial charge in [-0.05, 0) is 35.9 Å². The van der Waals surface area contributed by atoms with Gasteiger partial charge in [0.1, 0.15) is 0 Å². The molecule has 2 aromatic carbocycles. The Morgan fingerprint density at radius 1 is 1.32 bits per heavy atom. The largest absolute Gasteiger partial charge is 0.388 e. The van der Waals surface area contributed by atoms with Gasteiger partial charge in [-0.3, -0.25) is 0 Å². The monoisotopic (exact) mass is 251 g/mol. The van der Waals surface area contributed by atoms with Gasteiger partial charge in [-0.2, -0.15) is 5.26 Å². The van der Waals surface area contributed by atoms with E-state index in [4.69, 9.17) is 5.26 Å². The van der Waals surface area contributed by atoms with Crippen LogP contribution in [0.2, 0.25) is 0 Å². The molecule has 1 aliphatic heterocycles. The highest BCUT2D eigenvalue weighted by Gasteiger charge is 2.24. The first-order valence-electron chi connectivity index (χ1n) is 6.70. The minimum absolute atomic E-state index is 0.257. The van der Waals surface area contributed by atoms with Gasteiger partial charge in [-0.25, -0.2) is 0 Å². The van der Waals surface area contributed by atoms with E-state index in [0.29, 0.717) is 0 Å². The molecule has 0 aromatic heterocycles. The van der Waals surface area contributed by atoms with Gasteiger partial charge in [0.25, 0.3) is 0 Å². The number of fused-ring (bicyclic) bond motifs is 1. The number of hydrogen-bond donors (Lipinski definition) is 1. The molecule has 1 aliphatic rings. The van der Waals surface area contributed by atoms with Crippen LogP contribution in [-0.4, -0.2) is 18.5 Å². The fourth-order valence-corrected chi connectivity index (χ4v) is 2.96. The van der Waals surface area contributed by atoms with E-state index in [1.165, 1.54) is 16.3 Å². The van der Waals surface area contributed by atoms with Gasteiger partial charge in [0, 0.05) is 24.7 Å². The van der Waals surface area contributed by atoms with Crippen LogP contribution in [0.3, 0.4) is 0 Å². The molecule has 1 atom stereocenters. The van der Waals surface area contributed by atoms with Crippen LogP contribution in [-0.2, 0) is 0 Å². The lowest BCUT2D eigenvalue weighted by molar-refractivity contribution is 0.374. The summed E-state index contributed by atoms with van der Waals surface area (Å²) in [6, 6.07) is 13.1. The Labute approximate surface area is 113 Å². The Morgan fingerprint density at radius 2 is 2.21 bits per heavy atom. The van der Waals surface area contributed by atoms with Crippen LogP contribution < -0.4 is 5.32 Å². The molecule has 1 N–H and O–H groups in total. The third-order valence-electron chi connectivity index (χ3n) is 3.94. The molecular weight excluding hydrogens is 234 g/mol. The Morgan fingerprint density at radius 3 is 3.00 bits per heavy atom. The van der Waals surface area contributed by atoms with Crippen molar-refractivity contribution in [2.24, 2.45) is 0 Å². The zero-order valence-corrected chi connectivity index (χ0v) is 11.1. The second-order valence-electron chi connectivity index (χ2n) is 4.99. The third-order valence-corrected chi connectivity index (χ3v) is 3.94. The number of nitriles is 1. The number of nitrogens with one attached hydrogen (secondary N) is 1. The SMILES string of the molecule is CNc1cccc2cc([C@H]3CCCN3C#N)ccc12. The second-order valence-corrected chi connectivity index (χ2v) is 4.99. The number of rotatable bonds is 2. The molecule has 0 radical (unpaired) electrons. The molecule has 2 aromatic rings. The molecule has 0 aliphatic carbocycles. The minimum atomic E-state index is 0.257. The number of anilines is 1. The molecule has 1 heterocycles. The van der Waals surface area contributed by atoms with E-state index >= 15 is 0 Å². The van der Waals surface area contributed by atoms with E-state index in [0.717, 1.165) is 25.1 Å². The van der Waals surface area contributed by atoms with Gasteiger partial charge >= 0.3 is 0 Å². The van der Waals surface area contributed by atoms with Gasteiger partial charge < -0.3 is 10.2 Å². The van der Waals surface area contributed by atoms with Crippen LogP contribution in [0, 0.1) is 11.5 Å². The molecule has 1 fully saturated rings. The number of likely N-dealkylation sites (tertiary alicyclic amines) is 1. The van der Waals surface area contributed by atoms with Crippen molar-refractivity contribution in [3.63, 3.8) is 0 Å². The van der Waals surface area contributed by atoms with Crippen molar-refractivity contribution in [3.8, 4) is 6.19 Å². The maximum absolute atomic E-state index is 9.16. The van der Waals surface area contributed by atoms with Crippen LogP contribution >= 0.6 is 0 Å². The lowest BCUT2D eigenvalue weighted by atomic mass is 9.99. The predicted octanol–water partition coefficient (Wildman–Crippen LogP) is 3.50. The summed E-state index contributed by atoms with van der Waals surface area (Å²) in [6.07, 6.45) is 4.48. The first kappa shape index (κ1) is 11.9. The van der Waals surface area contributed by atoms with Crippen molar-refractivity contribution in [3.05, 3.63) is 42.0 Å². The van der Waals surface area contributed by atoms with Crippen molar-refractivity contribution in [2.45, 2.75) is 18.9 Å². The number of benzene rings is 2. The van der Waals surface area contributed by atoms with E-state index < -0.39 is 0 Å². The smallest absolute Gasteiger partial charge is 0.179 e. The van der Waals surface area contributed by atoms with Gasteiger partial charge in [-0.1, -0.05) is 24.3 Å². The third kappa shape index (κ3) is 2.00. The van der Waals surface area contributed by atoms with Gasteiger partial charge in [0.2, 0.25) is 0 Å². The maximum Gasteiger partial charge on any atom is 0.179 e. The van der Waals surface area contributed by atoms with Crippen LogP contribution in [0.25, 0.3) is 10.8 Å². The standard InChI is InChI=1S/C16H17N3/c1-18-15-5-2-4-12-10-13(7-8-14(12)15)16-6-3-9-19(16)11-17/h2,4-5,7-8,10,16,18H,3,6,9H2,1H3/t16-/m1/s1. The summed E-state index contributed by atoms with van der Waals surface area (Å²) in [5, 5.41) is 14.8. The van der Waals surface area contributed by atoms with E-state index in [2.05, 4.69) is 47.9 Å². The molecule has 0 spiro atoms. The molecule has 3 rings (SSSR count). The van der Waals surface area contributed by atoms with Crippen molar-refractivity contribution < 1.29 is 0 Å². The Kier molecular flexibility index (Phi) is 3.00. The van der Waals surface area contributed by atoms with Crippen molar-refractivity contribution in [1.82, 2.24) is 4.90 Å². The van der Waals surface area contributed by atoms with E-state index in [1.807, 2.05) is 11.9 Å². The molecular formula is C16H17N3. The molecule has 0 amide bonds. The summed E-state index contributed by atoms with van der Waals surface area (Å²) in [4.78, 5) is 1.89. The van der Waals surface area contributed by atoms with E-state index in [1.54, 1.807) is 0 Å². The lowest BCUT2D eigenvalue weighted by Crippen LogP contribution is -2.16. The average Bonchev–Trinajstić information content (AvgIpc) is 2.94. The maximum atomic E-state index is 9.16. The second kappa shape index (κ2) is 4.81. The summed E-state index contributed by atoms with van der Waals surface area (Å²) in [5.74, 6) is 0. The number of nitrogens with zero attached hydrogens (tertiary/aromatic N) is 2. The highest BCUT2D eigenvalue weighted by atomic mass is 15.2. The van der Waals surface area contributed by atoms with Gasteiger partial charge in [-0.15, -0.1) is 0 Å². The molecule has 1 saturated heterocycles. The summed E-state index contributed by atoms with van der Waals surface area (Å²) < 4.78 is 0. The van der Waals surface area contributed by atoms with Crippen LogP contribution in [0.15, 0.2) is 36.4 Å². The summed E-state index contributed by atoms with van der Waals surface area (Å²) in [7, 11) is 1.94. The predicted molar refractivity (Wildman–Crippen MR) is 77.8 cm³/mol. The zero-order valence-electron chi connectivity index (χ0n) is 11.1. The highest BCUT2D eigenvalue weighted by Crippen LogP contribution is 2.34. The van der Waals surface area contributed by atoms with E-state index in [9.17, 15) is 0 Å². The van der Waals surface area contributed by atoms with Crippen LogP contribution in [0.5, 0.6) is 0 Å². The molecule has 3 heteroatoms. The van der Waals surface area contributed by atoms with Crippen molar-refractivity contribution in [1.29, 1.82) is 5.26 Å². The topological polar surface area (TPSA) is 39.1 Å². The normalized spacial score (nSPS) is 18.5. The minimum Gasteiger partial charge on any atom is -0.388 e. The van der Waals surface area contributed by atoms with Crippen molar-refractivity contribution >= 4 is 16.5 Å². The first-order chi connectivity index (χ1) is 9.33. The number of hydrogen-bond acceptors (Lipinski definition) is 3. The molecule has 0 saturated carbocycles. The van der Waals surface area contributed by atoms with E-state index in [-0.39, 0.29) is 6.04 Å². The Balaban J connectivity index is 2.05. The average molecular weight is 251 g/mol. The van der Waals surface area contributed by atoms with Crippen LogP contribution in [0.4, 0.5) is 5.69 Å². The fourth-order valence-electron chi connectivity index (χ4n) is 2.96. The molecule has 96 valence electrons. The molecule has 3 nitrogen and oxygen atoms in total. The lowest BCUT2D eigenvalue weighted by Gasteiger charge is -2.19. The zero-order chi connectivity index (χ0) is 13.2. The van der Waals surface area contributed by atoms with Crippen LogP contribution in [0.1, 0.15) is 24.4 Å².